The van der Waals surface area contributed by atoms with Gasteiger partial charge in [0.15, 0.2) is 25.7 Å². The molecule has 5 aliphatic rings. The van der Waals surface area contributed by atoms with Crippen LogP contribution in [0.5, 0.6) is 35.0 Å². The monoisotopic (exact) mass is 2260 g/mol. The Kier molecular flexibility index (Phi) is 36.6. The number of carboxylic acid groups (broad SMARTS) is 1. The predicted molar refractivity (Wildman–Crippen MR) is 602 cm³/mol. The first-order chi connectivity index (χ1) is 71.3. The summed E-state index contributed by atoms with van der Waals surface area (Å²) in [6, 6.07) is 51.6. The fourth-order valence-electron chi connectivity index (χ4n) is 15.0. The van der Waals surface area contributed by atoms with Gasteiger partial charge >= 0.3 is 39.0 Å². The van der Waals surface area contributed by atoms with Crippen LogP contribution >= 0.6 is 88.5 Å². The van der Waals surface area contributed by atoms with E-state index in [4.69, 9.17) is 95.5 Å². The highest BCUT2D eigenvalue weighted by molar-refractivity contribution is 9.10. The smallest absolute Gasteiger partial charge is 0.493 e. The number of halogens is 2. The van der Waals surface area contributed by atoms with E-state index in [0.29, 0.717) is 65.8 Å². The molecule has 35 nitrogen and oxygen atoms in total. The van der Waals surface area contributed by atoms with E-state index in [-0.39, 0.29) is 81.3 Å². The number of hydrogen-bond donors (Lipinski definition) is 8. The minimum Gasteiger partial charge on any atom is -0.493 e. The summed E-state index contributed by atoms with van der Waals surface area (Å²) in [5.74, 6) is 1.78. The average molecular weight is 2260 g/mol. The summed E-state index contributed by atoms with van der Waals surface area (Å²) in [6.07, 6.45) is 11.6. The van der Waals surface area contributed by atoms with Crippen molar-refractivity contribution in [3.63, 3.8) is 0 Å². The number of fused-ring (bicyclic) bond motifs is 5. The number of aromatic carboxylic acids is 1. The Balaban J connectivity index is 0.000000138. The number of nitrogen functional groups attached to an aromatic ring is 5. The third-order valence-electron chi connectivity index (χ3n) is 25.7. The molecule has 0 radical (unpaired) electrons. The summed E-state index contributed by atoms with van der Waals surface area (Å²) >= 11 is 13.8. The number of rotatable bonds is 22. The van der Waals surface area contributed by atoms with Gasteiger partial charge in [-0.1, -0.05) is 133 Å². The van der Waals surface area contributed by atoms with Gasteiger partial charge in [0.2, 0.25) is 23.5 Å². The minimum absolute atomic E-state index is 0.0268. The average Bonchev–Trinajstić information content (AvgIpc) is 1.59. The molecule has 150 heavy (non-hydrogen) atoms. The lowest BCUT2D eigenvalue weighted by Crippen LogP contribution is -2.41. The number of carboxylic acids is 1. The van der Waals surface area contributed by atoms with Crippen LogP contribution in [-0.4, -0.2) is 184 Å². The number of nitrogens with two attached hydrogens (primary N) is 6. The number of para-hydroxylation sites is 2. The minimum atomic E-state index is -1.08. The van der Waals surface area contributed by atoms with Gasteiger partial charge in [0.05, 0.1) is 141 Å². The number of aromatic nitrogens is 9. The van der Waals surface area contributed by atoms with Crippen LogP contribution in [0, 0.1) is 11.8 Å². The lowest BCUT2D eigenvalue weighted by Gasteiger charge is -2.32. The van der Waals surface area contributed by atoms with E-state index in [0.717, 1.165) is 131 Å². The number of nitrogens with one attached hydrogen (secondary N) is 1. The number of hydrogen-bond acceptors (Lipinski definition) is 38. The van der Waals surface area contributed by atoms with Crippen molar-refractivity contribution in [2.75, 3.05) is 84.5 Å². The van der Waals surface area contributed by atoms with Crippen LogP contribution in [0.4, 0.5) is 25.7 Å². The Morgan fingerprint density at radius 2 is 0.713 bits per heavy atom. The zero-order chi connectivity index (χ0) is 108. The second-order valence-corrected chi connectivity index (χ2v) is 45.1. The highest BCUT2D eigenvalue weighted by atomic mass is 79.9. The van der Waals surface area contributed by atoms with E-state index in [9.17, 15) is 24.3 Å². The van der Waals surface area contributed by atoms with Gasteiger partial charge in [0.25, 0.3) is 5.91 Å². The highest BCUT2D eigenvalue weighted by Gasteiger charge is 2.64. The molecule has 7 aromatic carbocycles. The number of methoxy groups -OCH3 is 6. The second-order valence-electron chi connectivity index (χ2n) is 37.9. The molecule has 1 amide bonds. The van der Waals surface area contributed by atoms with Gasteiger partial charge < -0.3 is 111 Å². The van der Waals surface area contributed by atoms with E-state index in [2.05, 4.69) is 114 Å². The van der Waals surface area contributed by atoms with Crippen LogP contribution in [0.25, 0.3) is 84.5 Å². The van der Waals surface area contributed by atoms with Crippen molar-refractivity contribution in [1.82, 2.24) is 50.2 Å². The van der Waals surface area contributed by atoms with E-state index < -0.39 is 31.9 Å². The van der Waals surface area contributed by atoms with Crippen molar-refractivity contribution in [3.05, 3.63) is 231 Å². The topological polar surface area (TPSA) is 502 Å². The maximum absolute atomic E-state index is 13.1. The quantitative estimate of drug-likeness (QED) is 0.0231. The predicted octanol–water partition coefficient (Wildman–Crippen LogP) is 20.7. The second kappa shape index (κ2) is 48.6. The van der Waals surface area contributed by atoms with Gasteiger partial charge in [0.1, 0.15) is 33.8 Å². The Morgan fingerprint density at radius 1 is 0.387 bits per heavy atom. The van der Waals surface area contributed by atoms with E-state index in [1.165, 1.54) is 125 Å². The molecule has 0 atom stereocenters. The van der Waals surface area contributed by atoms with E-state index >= 15 is 0 Å². The molecule has 21 rings (SSSR count). The Bertz CT molecular complexity index is 7460. The van der Waals surface area contributed by atoms with Gasteiger partial charge in [-0.2, -0.15) is 0 Å². The van der Waals surface area contributed by atoms with Crippen molar-refractivity contribution in [2.45, 2.75) is 155 Å². The summed E-state index contributed by atoms with van der Waals surface area (Å²) in [5.41, 5.74) is 45.4. The number of benzene rings is 7. The molecule has 16 aromatic rings. The van der Waals surface area contributed by atoms with Crippen LogP contribution in [0.15, 0.2) is 198 Å². The summed E-state index contributed by atoms with van der Waals surface area (Å²) in [4.78, 5) is 84.9. The van der Waals surface area contributed by atoms with Crippen LogP contribution in [0.3, 0.4) is 0 Å². The molecule has 9 aromatic heterocycles. The number of anilines is 5. The molecule has 5 fully saturated rings. The Hall–Kier alpha value is -12.9. The Morgan fingerprint density at radius 3 is 1.10 bits per heavy atom. The molecule has 784 valence electrons. The molecule has 0 spiro atoms. The van der Waals surface area contributed by atoms with Gasteiger partial charge in [-0.15, -0.1) is 0 Å². The first-order valence-electron chi connectivity index (χ1n) is 47.5. The van der Waals surface area contributed by atoms with Crippen LogP contribution in [-0.2, 0) is 50.5 Å². The molecular formula is C105H117B3Br2N16O19S5. The van der Waals surface area contributed by atoms with Crippen molar-refractivity contribution in [3.8, 4) is 68.4 Å². The van der Waals surface area contributed by atoms with Crippen molar-refractivity contribution in [2.24, 2.45) is 17.6 Å². The zero-order valence-corrected chi connectivity index (χ0v) is 93.3. The fraction of sp³-hybridized carbons (Fsp3) is 0.324. The number of carbonyl (C=O) groups is 4. The van der Waals surface area contributed by atoms with Gasteiger partial charge in [-0.25, -0.2) is 59.2 Å². The van der Waals surface area contributed by atoms with E-state index in [1.54, 1.807) is 49.1 Å². The molecule has 12 heterocycles. The number of thiazole rings is 5. The van der Waals surface area contributed by atoms with Crippen LogP contribution in [0.2, 0.25) is 0 Å². The summed E-state index contributed by atoms with van der Waals surface area (Å²) in [7, 11) is 7.14. The van der Waals surface area contributed by atoms with Gasteiger partial charge in [-0.05, 0) is 262 Å². The summed E-state index contributed by atoms with van der Waals surface area (Å²) in [6.45, 7) is 26.9. The lowest BCUT2D eigenvalue weighted by atomic mass is 9.49. The molecular weight excluding hydrogens is 2140 g/mol. The zero-order valence-electron chi connectivity index (χ0n) is 86.0. The number of esters is 2. The fourth-order valence-corrected chi connectivity index (χ4v) is 19.7. The third-order valence-corrected chi connectivity index (χ3v) is 30.8. The number of carbonyl (C=O) groups excluding carboxylic acids is 3. The first kappa shape index (κ1) is 113. The van der Waals surface area contributed by atoms with E-state index in [1.807, 2.05) is 195 Å². The lowest BCUT2D eigenvalue weighted by molar-refractivity contribution is 0.00578. The SMILES string of the molecule is CC1(C)OB(B2OC(C)(C)C(C)(C)O2)OC1(C)C.CC1(C)OB(c2ccc3nc(N)sc3c2)OC1(C)C.COC(=O)c1cc(-c2ccc3nc(N)sc3c2)cnc1OC.COC(=O)c1cc(Br)cnc1OC.COc1ncc(-c2ccc3nc(N)sc3c2)cc1C(=O)NCc1ccccc1OCC1CC1.COc1ncc(-c2ccc3nc(N)sc3c2)cc1C(=O)O.NCc1ccccc1OCC1CC1.Nc1nc2ccc(Br)cc2s1. The molecule has 3 aliphatic heterocycles. The largest absolute Gasteiger partial charge is 0.494 e. The van der Waals surface area contributed by atoms with Gasteiger partial charge in [-0.3, -0.25) is 4.79 Å². The molecule has 0 unspecified atom stereocenters. The third kappa shape index (κ3) is 28.1. The molecule has 0 bridgehead atoms. The van der Waals surface area contributed by atoms with Crippen LogP contribution < -0.4 is 73.6 Å². The summed E-state index contributed by atoms with van der Waals surface area (Å²) in [5, 5.41) is 14.9. The number of nitrogens with zero attached hydrogens (tertiary/aromatic N) is 9. The normalized spacial score (nSPS) is 15.4. The Labute approximate surface area is 905 Å². The van der Waals surface area contributed by atoms with Gasteiger partial charge in [0, 0.05) is 74.6 Å². The number of amides is 1. The number of ether oxygens (including phenoxy) is 8. The summed E-state index contributed by atoms with van der Waals surface area (Å²) < 4.78 is 84.0. The van der Waals surface area contributed by atoms with Crippen LogP contribution in [0.1, 0.15) is 161 Å². The van der Waals surface area contributed by atoms with Crippen molar-refractivity contribution in [1.29, 1.82) is 0 Å². The molecule has 2 saturated carbocycles. The number of pyridine rings is 4. The highest BCUT2D eigenvalue weighted by Crippen LogP contribution is 2.45. The maximum Gasteiger partial charge on any atom is 0.494 e. The first-order valence-corrected chi connectivity index (χ1v) is 53.1. The maximum atomic E-state index is 13.1. The molecule has 14 N–H and O–H groups in total. The molecule has 45 heteroatoms. The van der Waals surface area contributed by atoms with Crippen molar-refractivity contribution < 1.29 is 90.1 Å². The van der Waals surface area contributed by atoms with Crippen molar-refractivity contribution >= 4 is 216 Å². The standard InChI is InChI=1S/C25H24N4O3S.C15H13N3O3S.C14H11N3O3S.C13H17BN2O2S.C12H24B2O4.C11H15NO.C8H8BrNO3.C7H5BrN2S/c1-31-24-19(10-18(13-28-24)16-8-9-20-22(11-16)33-25(26)29-20)23(30)27-12-17-4-2-3-5-21(17)32-14-15-6-7-15;1-20-13-10(14(19)21-2)5-9(7-17-13)8-3-4-11-12(6-8)22-15(16)18-11;1-20-12-9(13(18)19)4-8(6-16-12)7-2-3-10-11(5-7)21-14(15)17-10;1-12(2)13(3,4)18-14(17-12)8-5-6-9-10(7-8)19-11(15)16-9;1-9(2)10(3,4)16-13(15-9)14-17-11(5,6)12(7,8)18-14;12-7-10-3-1-2-4-11(10)13-8-9-5-6-9;1-12-7-6(8(11)13-2)3-5(9)4-10-7;8-4-1-2-5-6(3-4)11-7(9)10-5/h2-5,8-11,13,15H,6-7,12,14H2,1H3,(H2,26,29)(H,27,30);3-7H,1-2H3,(H2,16,18);2-6H,1H3,(H2,15,17)(H,18,19);5-7H,1-4H3,(H2,15,16);1-8H3;1-4,9H,5-8,12H2;3-4H,1-2H3;1-3H,(H2,9,10). The molecule has 2 aliphatic carbocycles. The molecule has 3 saturated heterocycles.